The Morgan fingerprint density at radius 2 is 2.10 bits per heavy atom. The second-order valence-corrected chi connectivity index (χ2v) is 5.12. The zero-order valence-corrected chi connectivity index (χ0v) is 12.6. The minimum atomic E-state index is 0.531. The number of nitrogens with zero attached hydrogens (tertiary/aromatic N) is 4. The zero-order chi connectivity index (χ0) is 14.8. The molecule has 0 radical (unpaired) electrons. The van der Waals surface area contributed by atoms with Gasteiger partial charge in [-0.25, -0.2) is 14.6 Å². The van der Waals surface area contributed by atoms with Crippen LogP contribution < -0.4 is 0 Å². The molecule has 0 spiro atoms. The van der Waals surface area contributed by atoms with E-state index in [1.54, 1.807) is 11.0 Å². The number of aromatic nitrogens is 4. The molecule has 0 amide bonds. The van der Waals surface area contributed by atoms with Crippen LogP contribution in [-0.4, -0.2) is 19.7 Å². The number of halogens is 1. The molecular formula is C15H15ClN4O. The Morgan fingerprint density at radius 3 is 2.81 bits per heavy atom. The first-order valence-corrected chi connectivity index (χ1v) is 7.14. The van der Waals surface area contributed by atoms with Crippen LogP contribution in [0.4, 0.5) is 0 Å². The zero-order valence-electron chi connectivity index (χ0n) is 11.9. The van der Waals surface area contributed by atoms with Crippen LogP contribution in [-0.2, 0) is 13.0 Å². The van der Waals surface area contributed by atoms with Gasteiger partial charge in [0.1, 0.15) is 23.6 Å². The maximum absolute atomic E-state index is 6.18. The van der Waals surface area contributed by atoms with Crippen molar-refractivity contribution in [2.75, 3.05) is 0 Å². The molecule has 2 aromatic heterocycles. The van der Waals surface area contributed by atoms with E-state index in [1.165, 1.54) is 0 Å². The lowest BCUT2D eigenvalue weighted by Gasteiger charge is -1.97. The fourth-order valence-corrected chi connectivity index (χ4v) is 2.27. The lowest BCUT2D eigenvalue weighted by Crippen LogP contribution is -2.02. The topological polar surface area (TPSA) is 56.7 Å². The highest BCUT2D eigenvalue weighted by Crippen LogP contribution is 2.28. The SMILES string of the molecule is CCc1ncn(Cc2nc(-c3ccccc3Cl)oc2C)n1. The van der Waals surface area contributed by atoms with Crippen molar-refractivity contribution < 1.29 is 4.42 Å². The van der Waals surface area contributed by atoms with E-state index in [0.717, 1.165) is 29.3 Å². The summed E-state index contributed by atoms with van der Waals surface area (Å²) in [6, 6.07) is 7.50. The fraction of sp³-hybridized carbons (Fsp3) is 0.267. The number of benzene rings is 1. The van der Waals surface area contributed by atoms with Crippen LogP contribution in [0.2, 0.25) is 5.02 Å². The number of rotatable bonds is 4. The van der Waals surface area contributed by atoms with E-state index in [1.807, 2.05) is 38.1 Å². The number of aryl methyl sites for hydroxylation is 2. The van der Waals surface area contributed by atoms with Gasteiger partial charge in [-0.2, -0.15) is 5.10 Å². The van der Waals surface area contributed by atoms with Crippen molar-refractivity contribution >= 4 is 11.6 Å². The summed E-state index contributed by atoms with van der Waals surface area (Å²) in [5, 5.41) is 4.99. The van der Waals surface area contributed by atoms with Gasteiger partial charge in [0.25, 0.3) is 0 Å². The molecule has 0 N–H and O–H groups in total. The van der Waals surface area contributed by atoms with Crippen molar-refractivity contribution in [3.63, 3.8) is 0 Å². The summed E-state index contributed by atoms with van der Waals surface area (Å²) in [5.74, 6) is 2.12. The average Bonchev–Trinajstić information content (AvgIpc) is 3.07. The molecule has 3 rings (SSSR count). The van der Waals surface area contributed by atoms with E-state index in [0.29, 0.717) is 17.5 Å². The van der Waals surface area contributed by atoms with Gasteiger partial charge in [-0.15, -0.1) is 0 Å². The van der Waals surface area contributed by atoms with Crippen LogP contribution in [0.25, 0.3) is 11.5 Å². The molecule has 6 heteroatoms. The van der Waals surface area contributed by atoms with Crippen LogP contribution in [0.3, 0.4) is 0 Å². The molecular weight excluding hydrogens is 288 g/mol. The summed E-state index contributed by atoms with van der Waals surface area (Å²) in [6.07, 6.45) is 2.53. The summed E-state index contributed by atoms with van der Waals surface area (Å²) in [6.45, 7) is 4.45. The van der Waals surface area contributed by atoms with Crippen LogP contribution in [0.1, 0.15) is 24.2 Å². The third-order valence-corrected chi connectivity index (χ3v) is 3.54. The molecule has 0 bridgehead atoms. The Hall–Kier alpha value is -2.14. The van der Waals surface area contributed by atoms with E-state index in [-0.39, 0.29) is 0 Å². The molecule has 21 heavy (non-hydrogen) atoms. The van der Waals surface area contributed by atoms with Gasteiger partial charge in [-0.3, -0.25) is 0 Å². The maximum atomic E-state index is 6.18. The van der Waals surface area contributed by atoms with Crippen molar-refractivity contribution in [3.05, 3.63) is 52.9 Å². The quantitative estimate of drug-likeness (QED) is 0.740. The van der Waals surface area contributed by atoms with Crippen molar-refractivity contribution in [2.24, 2.45) is 0 Å². The molecule has 108 valence electrons. The maximum Gasteiger partial charge on any atom is 0.228 e. The highest BCUT2D eigenvalue weighted by atomic mass is 35.5. The van der Waals surface area contributed by atoms with Gasteiger partial charge in [0.2, 0.25) is 5.89 Å². The van der Waals surface area contributed by atoms with E-state index >= 15 is 0 Å². The van der Waals surface area contributed by atoms with Gasteiger partial charge >= 0.3 is 0 Å². The summed E-state index contributed by atoms with van der Waals surface area (Å²) < 4.78 is 7.49. The van der Waals surface area contributed by atoms with Crippen molar-refractivity contribution in [1.29, 1.82) is 0 Å². The molecule has 2 heterocycles. The predicted octanol–water partition coefficient (Wildman–Crippen LogP) is 3.51. The van der Waals surface area contributed by atoms with Gasteiger partial charge in [-0.1, -0.05) is 30.7 Å². The van der Waals surface area contributed by atoms with Gasteiger partial charge in [-0.05, 0) is 19.1 Å². The smallest absolute Gasteiger partial charge is 0.228 e. The van der Waals surface area contributed by atoms with Gasteiger partial charge in [0.05, 0.1) is 17.1 Å². The summed E-state index contributed by atoms with van der Waals surface area (Å²) in [4.78, 5) is 8.74. The van der Waals surface area contributed by atoms with E-state index in [4.69, 9.17) is 16.0 Å². The lowest BCUT2D eigenvalue weighted by atomic mass is 10.2. The number of hydrogen-bond acceptors (Lipinski definition) is 4. The molecule has 0 aliphatic heterocycles. The van der Waals surface area contributed by atoms with Crippen molar-refractivity contribution in [3.8, 4) is 11.5 Å². The Balaban J connectivity index is 1.89. The van der Waals surface area contributed by atoms with E-state index in [9.17, 15) is 0 Å². The Labute approximate surface area is 127 Å². The molecule has 0 fully saturated rings. The van der Waals surface area contributed by atoms with Crippen LogP contribution >= 0.6 is 11.6 Å². The average molecular weight is 303 g/mol. The summed E-state index contributed by atoms with van der Waals surface area (Å²) in [7, 11) is 0. The standard InChI is InChI=1S/C15H15ClN4O/c1-3-14-17-9-20(19-14)8-13-10(2)21-15(18-13)11-6-4-5-7-12(11)16/h4-7,9H,3,8H2,1-2H3. The van der Waals surface area contributed by atoms with E-state index < -0.39 is 0 Å². The normalized spacial score (nSPS) is 11.0. The molecule has 0 aliphatic rings. The van der Waals surface area contributed by atoms with E-state index in [2.05, 4.69) is 15.1 Å². The highest BCUT2D eigenvalue weighted by molar-refractivity contribution is 6.33. The molecule has 0 aliphatic carbocycles. The van der Waals surface area contributed by atoms with Crippen LogP contribution in [0.5, 0.6) is 0 Å². The number of oxazole rings is 1. The Morgan fingerprint density at radius 1 is 1.29 bits per heavy atom. The summed E-state index contributed by atoms with van der Waals surface area (Å²) >= 11 is 6.18. The van der Waals surface area contributed by atoms with Crippen molar-refractivity contribution in [2.45, 2.75) is 26.8 Å². The first-order chi connectivity index (χ1) is 10.2. The second kappa shape index (κ2) is 5.69. The third kappa shape index (κ3) is 2.83. The molecule has 0 saturated heterocycles. The first kappa shape index (κ1) is 13.8. The molecule has 0 unspecified atom stereocenters. The molecule has 5 nitrogen and oxygen atoms in total. The molecule has 1 aromatic carbocycles. The second-order valence-electron chi connectivity index (χ2n) is 4.71. The van der Waals surface area contributed by atoms with Crippen molar-refractivity contribution in [1.82, 2.24) is 19.7 Å². The van der Waals surface area contributed by atoms with Gasteiger partial charge < -0.3 is 4.42 Å². The fourth-order valence-electron chi connectivity index (χ4n) is 2.05. The molecule has 0 saturated carbocycles. The largest absolute Gasteiger partial charge is 0.441 e. The van der Waals surface area contributed by atoms with Crippen LogP contribution in [0, 0.1) is 6.92 Å². The Bertz CT molecular complexity index is 763. The third-order valence-electron chi connectivity index (χ3n) is 3.21. The van der Waals surface area contributed by atoms with Gasteiger partial charge in [0.15, 0.2) is 0 Å². The number of hydrogen-bond donors (Lipinski definition) is 0. The summed E-state index contributed by atoms with van der Waals surface area (Å²) in [5.41, 5.74) is 1.62. The molecule has 0 atom stereocenters. The highest BCUT2D eigenvalue weighted by Gasteiger charge is 2.14. The van der Waals surface area contributed by atoms with Gasteiger partial charge in [0, 0.05) is 6.42 Å². The lowest BCUT2D eigenvalue weighted by molar-refractivity contribution is 0.535. The Kier molecular flexibility index (Phi) is 3.75. The minimum absolute atomic E-state index is 0.531. The first-order valence-electron chi connectivity index (χ1n) is 6.77. The monoisotopic (exact) mass is 302 g/mol. The minimum Gasteiger partial charge on any atom is -0.441 e. The van der Waals surface area contributed by atoms with Crippen LogP contribution in [0.15, 0.2) is 35.0 Å². The molecule has 3 aromatic rings. The predicted molar refractivity (Wildman–Crippen MR) is 80.2 cm³/mol.